The second-order valence-electron chi connectivity index (χ2n) is 8.14. The molecule has 6 nitrogen and oxygen atoms in total. The number of nitrogens with one attached hydrogen (secondary N) is 2. The lowest BCUT2D eigenvalue weighted by Crippen LogP contribution is -2.47. The molecule has 0 atom stereocenters. The van der Waals surface area contributed by atoms with Gasteiger partial charge < -0.3 is 20.3 Å². The predicted molar refractivity (Wildman–Crippen MR) is 122 cm³/mol. The normalized spacial score (nSPS) is 19.7. The van der Waals surface area contributed by atoms with Gasteiger partial charge >= 0.3 is 0 Å². The second-order valence-corrected chi connectivity index (χ2v) is 8.14. The molecule has 1 aromatic carbocycles. The fourth-order valence-electron chi connectivity index (χ4n) is 4.03. The highest BCUT2D eigenvalue weighted by molar-refractivity contribution is 5.94. The van der Waals surface area contributed by atoms with Crippen LogP contribution >= 0.6 is 24.8 Å². The molecule has 1 aromatic rings. The number of piperidine rings is 1. The first kappa shape index (κ1) is 26.1. The molecule has 1 amide bonds. The Hall–Kier alpha value is -0.890. The number of methoxy groups -OCH3 is 1. The zero-order valence-electron chi connectivity index (χ0n) is 17.6. The fourth-order valence-corrected chi connectivity index (χ4v) is 4.03. The SMILES string of the molecule is COCC1(CNC(=O)c2ccc(CN3CCN(C)CC3)cc2)CCNCC1.Cl.Cl. The van der Waals surface area contributed by atoms with Crippen molar-refractivity contribution in [2.75, 3.05) is 66.6 Å². The summed E-state index contributed by atoms with van der Waals surface area (Å²) in [6.45, 7) is 8.76. The number of carbonyl (C=O) groups is 1. The Morgan fingerprint density at radius 3 is 2.31 bits per heavy atom. The first-order valence-electron chi connectivity index (χ1n) is 10.1. The first-order chi connectivity index (χ1) is 13.1. The highest BCUT2D eigenvalue weighted by Gasteiger charge is 2.32. The standard InChI is InChI=1S/C21H34N4O2.2ClH/c1-24-11-13-25(14-12-24)15-18-3-5-19(6-4-18)20(26)23-16-21(17-27-2)7-9-22-10-8-21;;/h3-6,22H,7-17H2,1-2H3,(H,23,26);2*1H. The molecule has 0 aromatic heterocycles. The number of carbonyl (C=O) groups excluding carboxylic acids is 1. The summed E-state index contributed by atoms with van der Waals surface area (Å²) in [5.74, 6) is 0.00941. The van der Waals surface area contributed by atoms with Crippen LogP contribution in [-0.4, -0.2) is 82.3 Å². The molecule has 166 valence electrons. The molecule has 0 radical (unpaired) electrons. The predicted octanol–water partition coefficient (Wildman–Crippen LogP) is 2.02. The molecule has 0 bridgehead atoms. The average molecular weight is 447 g/mol. The van der Waals surface area contributed by atoms with E-state index in [9.17, 15) is 4.79 Å². The Bertz CT molecular complexity index is 596. The Morgan fingerprint density at radius 1 is 1.10 bits per heavy atom. The van der Waals surface area contributed by atoms with Crippen molar-refractivity contribution in [1.29, 1.82) is 0 Å². The summed E-state index contributed by atoms with van der Waals surface area (Å²) >= 11 is 0. The van der Waals surface area contributed by atoms with E-state index in [1.807, 2.05) is 12.1 Å². The summed E-state index contributed by atoms with van der Waals surface area (Å²) in [7, 11) is 3.91. The molecule has 0 aliphatic carbocycles. The second kappa shape index (κ2) is 12.7. The van der Waals surface area contributed by atoms with E-state index in [2.05, 4.69) is 39.6 Å². The molecule has 29 heavy (non-hydrogen) atoms. The van der Waals surface area contributed by atoms with E-state index in [1.54, 1.807) is 7.11 Å². The van der Waals surface area contributed by atoms with E-state index < -0.39 is 0 Å². The van der Waals surface area contributed by atoms with Gasteiger partial charge in [-0.2, -0.15) is 0 Å². The smallest absolute Gasteiger partial charge is 0.251 e. The van der Waals surface area contributed by atoms with Gasteiger partial charge in [0.2, 0.25) is 0 Å². The van der Waals surface area contributed by atoms with Crippen LogP contribution in [-0.2, 0) is 11.3 Å². The molecular weight excluding hydrogens is 411 g/mol. The van der Waals surface area contributed by atoms with Gasteiger partial charge in [-0.25, -0.2) is 0 Å². The minimum absolute atomic E-state index is 0. The van der Waals surface area contributed by atoms with Crippen LogP contribution < -0.4 is 10.6 Å². The molecule has 0 unspecified atom stereocenters. The summed E-state index contributed by atoms with van der Waals surface area (Å²) in [6, 6.07) is 8.07. The number of piperazine rings is 1. The van der Waals surface area contributed by atoms with Gasteiger partial charge in [-0.05, 0) is 50.7 Å². The minimum Gasteiger partial charge on any atom is -0.384 e. The lowest BCUT2D eigenvalue weighted by molar-refractivity contribution is 0.0512. The number of halogens is 2. The van der Waals surface area contributed by atoms with Crippen LogP contribution in [0.3, 0.4) is 0 Å². The van der Waals surface area contributed by atoms with Gasteiger partial charge in [-0.15, -0.1) is 24.8 Å². The summed E-state index contributed by atoms with van der Waals surface area (Å²) in [4.78, 5) is 17.4. The van der Waals surface area contributed by atoms with Crippen LogP contribution in [0.5, 0.6) is 0 Å². The monoisotopic (exact) mass is 446 g/mol. The van der Waals surface area contributed by atoms with Crippen molar-refractivity contribution in [2.45, 2.75) is 19.4 Å². The van der Waals surface area contributed by atoms with Gasteiger partial charge in [0.1, 0.15) is 0 Å². The minimum atomic E-state index is 0. The number of hydrogen-bond donors (Lipinski definition) is 2. The van der Waals surface area contributed by atoms with Gasteiger partial charge in [0.15, 0.2) is 0 Å². The van der Waals surface area contributed by atoms with Crippen molar-refractivity contribution in [3.8, 4) is 0 Å². The molecule has 0 saturated carbocycles. The van der Waals surface area contributed by atoms with E-state index >= 15 is 0 Å². The number of likely N-dealkylation sites (N-methyl/N-ethyl adjacent to an activating group) is 1. The number of nitrogens with zero attached hydrogens (tertiary/aromatic N) is 2. The van der Waals surface area contributed by atoms with E-state index in [0.29, 0.717) is 13.2 Å². The third kappa shape index (κ3) is 7.70. The summed E-state index contributed by atoms with van der Waals surface area (Å²) in [6.07, 6.45) is 2.07. The molecule has 2 saturated heterocycles. The summed E-state index contributed by atoms with van der Waals surface area (Å²) in [5, 5.41) is 6.52. The Balaban J connectivity index is 0.00000210. The fraction of sp³-hybridized carbons (Fsp3) is 0.667. The van der Waals surface area contributed by atoms with Crippen molar-refractivity contribution >= 4 is 30.7 Å². The molecule has 2 heterocycles. The van der Waals surface area contributed by atoms with Gasteiger partial charge in [0, 0.05) is 57.4 Å². The molecule has 2 N–H and O–H groups in total. The Labute approximate surface area is 187 Å². The average Bonchev–Trinajstić information content (AvgIpc) is 2.69. The number of hydrogen-bond acceptors (Lipinski definition) is 5. The molecule has 3 rings (SSSR count). The van der Waals surface area contributed by atoms with Gasteiger partial charge in [0.05, 0.1) is 6.61 Å². The summed E-state index contributed by atoms with van der Waals surface area (Å²) in [5.41, 5.74) is 2.06. The van der Waals surface area contributed by atoms with Crippen LogP contribution in [0.15, 0.2) is 24.3 Å². The van der Waals surface area contributed by atoms with E-state index in [-0.39, 0.29) is 36.1 Å². The van der Waals surface area contributed by atoms with Crippen molar-refractivity contribution in [3.63, 3.8) is 0 Å². The topological polar surface area (TPSA) is 56.8 Å². The largest absolute Gasteiger partial charge is 0.384 e. The van der Waals surface area contributed by atoms with Crippen molar-refractivity contribution in [2.24, 2.45) is 5.41 Å². The lowest BCUT2D eigenvalue weighted by atomic mass is 9.79. The van der Waals surface area contributed by atoms with E-state index in [1.165, 1.54) is 5.56 Å². The van der Waals surface area contributed by atoms with Crippen LogP contribution in [0.1, 0.15) is 28.8 Å². The first-order valence-corrected chi connectivity index (χ1v) is 10.1. The zero-order valence-corrected chi connectivity index (χ0v) is 19.2. The Morgan fingerprint density at radius 2 is 1.72 bits per heavy atom. The van der Waals surface area contributed by atoms with E-state index in [0.717, 1.165) is 64.2 Å². The Kier molecular flexibility index (Phi) is 11.5. The van der Waals surface area contributed by atoms with Gasteiger partial charge in [-0.1, -0.05) is 12.1 Å². The number of amides is 1. The quantitative estimate of drug-likeness (QED) is 0.670. The zero-order chi connectivity index (χ0) is 19.1. The molecule has 0 spiro atoms. The van der Waals surface area contributed by atoms with Crippen molar-refractivity contribution < 1.29 is 9.53 Å². The number of rotatable bonds is 7. The number of ether oxygens (including phenoxy) is 1. The molecule has 2 fully saturated rings. The highest BCUT2D eigenvalue weighted by Crippen LogP contribution is 2.28. The lowest BCUT2D eigenvalue weighted by Gasteiger charge is -2.37. The molecule has 8 heteroatoms. The third-order valence-corrected chi connectivity index (χ3v) is 5.96. The van der Waals surface area contributed by atoms with Crippen LogP contribution in [0.25, 0.3) is 0 Å². The highest BCUT2D eigenvalue weighted by atomic mass is 35.5. The van der Waals surface area contributed by atoms with Crippen LogP contribution in [0, 0.1) is 5.41 Å². The molecule has 2 aliphatic rings. The maximum absolute atomic E-state index is 12.6. The van der Waals surface area contributed by atoms with E-state index in [4.69, 9.17) is 4.74 Å². The summed E-state index contributed by atoms with van der Waals surface area (Å²) < 4.78 is 5.43. The van der Waals surface area contributed by atoms with Crippen molar-refractivity contribution in [3.05, 3.63) is 35.4 Å². The van der Waals surface area contributed by atoms with Gasteiger partial charge in [0.25, 0.3) is 5.91 Å². The maximum Gasteiger partial charge on any atom is 0.251 e. The van der Waals surface area contributed by atoms with Crippen LogP contribution in [0.4, 0.5) is 0 Å². The van der Waals surface area contributed by atoms with Crippen molar-refractivity contribution in [1.82, 2.24) is 20.4 Å². The van der Waals surface area contributed by atoms with Crippen LogP contribution in [0.2, 0.25) is 0 Å². The molecule has 2 aliphatic heterocycles. The molecular formula is C21H36Cl2N4O2. The van der Waals surface area contributed by atoms with Gasteiger partial charge in [-0.3, -0.25) is 9.69 Å². The maximum atomic E-state index is 12.6. The third-order valence-electron chi connectivity index (χ3n) is 5.96. The number of benzene rings is 1.